The Morgan fingerprint density at radius 2 is 2.00 bits per heavy atom. The minimum atomic E-state index is -3.27. The van der Waals surface area contributed by atoms with E-state index in [2.05, 4.69) is 0 Å². The quantitative estimate of drug-likeness (QED) is 0.856. The van der Waals surface area contributed by atoms with Gasteiger partial charge in [0.25, 0.3) is 5.92 Å². The largest absolute Gasteiger partial charge is 0.481 e. The molecule has 0 aliphatic heterocycles. The highest BCUT2D eigenvalue weighted by Gasteiger charge is 2.39. The molecule has 0 spiro atoms. The first-order valence-electron chi connectivity index (χ1n) is 5.20. The summed E-state index contributed by atoms with van der Waals surface area (Å²) in [6.45, 7) is 0. The molecule has 1 saturated carbocycles. The van der Waals surface area contributed by atoms with E-state index in [1.54, 1.807) is 12.1 Å². The van der Waals surface area contributed by atoms with Crippen LogP contribution in [0.5, 0.6) is 0 Å². The van der Waals surface area contributed by atoms with Crippen molar-refractivity contribution in [2.24, 2.45) is 0 Å². The summed E-state index contributed by atoms with van der Waals surface area (Å²) >= 11 is 0. The molecule has 2 nitrogen and oxygen atoms in total. The van der Waals surface area contributed by atoms with Crippen LogP contribution >= 0.6 is 0 Å². The lowest BCUT2D eigenvalue weighted by Gasteiger charge is -2.18. The van der Waals surface area contributed by atoms with E-state index in [0.29, 0.717) is 5.56 Å². The lowest BCUT2D eigenvalue weighted by molar-refractivity contribution is -0.145. The number of aliphatic carboxylic acids is 1. The van der Waals surface area contributed by atoms with Gasteiger partial charge in [0, 0.05) is 5.56 Å². The second-order valence-electron chi connectivity index (χ2n) is 4.14. The van der Waals surface area contributed by atoms with Crippen molar-refractivity contribution in [3.63, 3.8) is 0 Å². The van der Waals surface area contributed by atoms with Gasteiger partial charge in [-0.15, -0.1) is 0 Å². The first kappa shape index (κ1) is 11.0. The molecule has 0 atom stereocenters. The van der Waals surface area contributed by atoms with Crippen molar-refractivity contribution in [3.8, 4) is 0 Å². The summed E-state index contributed by atoms with van der Waals surface area (Å²) in [5.74, 6) is -4.56. The van der Waals surface area contributed by atoms with E-state index in [1.807, 2.05) is 0 Å². The van der Waals surface area contributed by atoms with Crippen LogP contribution in [0, 0.1) is 0 Å². The van der Waals surface area contributed by atoms with Crippen molar-refractivity contribution in [3.05, 3.63) is 35.4 Å². The SMILES string of the molecule is O=C(O)CC(F)(F)c1ccccc1C1CC1. The molecule has 4 heteroatoms. The molecular formula is C12H12F2O2. The van der Waals surface area contributed by atoms with Gasteiger partial charge in [-0.05, 0) is 24.3 Å². The van der Waals surface area contributed by atoms with Gasteiger partial charge in [-0.3, -0.25) is 4.79 Å². The number of benzene rings is 1. The van der Waals surface area contributed by atoms with Crippen LogP contribution in [0.3, 0.4) is 0 Å². The lowest BCUT2D eigenvalue weighted by atomic mass is 9.96. The third-order valence-electron chi connectivity index (χ3n) is 2.75. The number of alkyl halides is 2. The van der Waals surface area contributed by atoms with Crippen molar-refractivity contribution < 1.29 is 18.7 Å². The van der Waals surface area contributed by atoms with Gasteiger partial charge < -0.3 is 5.11 Å². The van der Waals surface area contributed by atoms with E-state index in [0.717, 1.165) is 12.8 Å². The molecule has 86 valence electrons. The number of carbonyl (C=O) groups is 1. The normalized spacial score (nSPS) is 16.1. The molecule has 0 saturated heterocycles. The second kappa shape index (κ2) is 3.85. The molecule has 1 aromatic carbocycles. The molecule has 0 heterocycles. The van der Waals surface area contributed by atoms with E-state index in [-0.39, 0.29) is 11.5 Å². The summed E-state index contributed by atoms with van der Waals surface area (Å²) in [4.78, 5) is 10.4. The number of rotatable bonds is 4. The molecule has 0 unspecified atom stereocenters. The number of carboxylic acid groups (broad SMARTS) is 1. The smallest absolute Gasteiger partial charge is 0.309 e. The Hall–Kier alpha value is -1.45. The standard InChI is InChI=1S/C12H12F2O2/c13-12(14,7-11(15)16)10-4-2-1-3-9(10)8-5-6-8/h1-4,8H,5-7H2,(H,15,16). The lowest BCUT2D eigenvalue weighted by Crippen LogP contribution is -2.20. The van der Waals surface area contributed by atoms with Gasteiger partial charge in [0.2, 0.25) is 0 Å². The zero-order chi connectivity index (χ0) is 11.8. The Balaban J connectivity index is 2.34. The summed E-state index contributed by atoms with van der Waals surface area (Å²) < 4.78 is 27.3. The highest BCUT2D eigenvalue weighted by molar-refractivity contribution is 5.68. The van der Waals surface area contributed by atoms with Crippen LogP contribution in [-0.2, 0) is 10.7 Å². The maximum Gasteiger partial charge on any atom is 0.309 e. The van der Waals surface area contributed by atoms with E-state index < -0.39 is 18.3 Å². The van der Waals surface area contributed by atoms with E-state index in [9.17, 15) is 13.6 Å². The first-order chi connectivity index (χ1) is 7.50. The fourth-order valence-corrected chi connectivity index (χ4v) is 1.87. The Kier molecular flexibility index (Phi) is 2.66. The molecule has 16 heavy (non-hydrogen) atoms. The van der Waals surface area contributed by atoms with Gasteiger partial charge in [-0.25, -0.2) is 8.78 Å². The van der Waals surface area contributed by atoms with Crippen LogP contribution in [-0.4, -0.2) is 11.1 Å². The summed E-state index contributed by atoms with van der Waals surface area (Å²) in [6.07, 6.45) is 0.692. The molecule has 0 bridgehead atoms. The van der Waals surface area contributed by atoms with Crippen LogP contribution in [0.4, 0.5) is 8.78 Å². The van der Waals surface area contributed by atoms with Gasteiger partial charge in [-0.2, -0.15) is 0 Å². The number of hydrogen-bond acceptors (Lipinski definition) is 1. The highest BCUT2D eigenvalue weighted by Crippen LogP contribution is 2.46. The average Bonchev–Trinajstić information content (AvgIpc) is 2.99. The van der Waals surface area contributed by atoms with Gasteiger partial charge in [0.05, 0.1) is 0 Å². The fourth-order valence-electron chi connectivity index (χ4n) is 1.87. The third kappa shape index (κ3) is 2.21. The Bertz CT molecular complexity index is 411. The Morgan fingerprint density at radius 3 is 2.56 bits per heavy atom. The van der Waals surface area contributed by atoms with Crippen molar-refractivity contribution in [2.75, 3.05) is 0 Å². The van der Waals surface area contributed by atoms with Crippen molar-refractivity contribution in [2.45, 2.75) is 31.1 Å². The minimum Gasteiger partial charge on any atom is -0.481 e. The van der Waals surface area contributed by atoms with Crippen LogP contribution in [0.25, 0.3) is 0 Å². The maximum atomic E-state index is 13.7. The Morgan fingerprint density at radius 1 is 1.38 bits per heavy atom. The molecule has 1 fully saturated rings. The topological polar surface area (TPSA) is 37.3 Å². The average molecular weight is 226 g/mol. The van der Waals surface area contributed by atoms with E-state index >= 15 is 0 Å². The molecule has 1 N–H and O–H groups in total. The molecule has 1 aromatic rings. The summed E-state index contributed by atoms with van der Waals surface area (Å²) in [6, 6.07) is 6.24. The maximum absolute atomic E-state index is 13.7. The Labute approximate surface area is 91.9 Å². The van der Waals surface area contributed by atoms with E-state index in [1.165, 1.54) is 12.1 Å². The molecule has 2 rings (SSSR count). The zero-order valence-corrected chi connectivity index (χ0v) is 8.62. The monoisotopic (exact) mass is 226 g/mol. The second-order valence-corrected chi connectivity index (χ2v) is 4.14. The molecule has 0 radical (unpaired) electrons. The van der Waals surface area contributed by atoms with Crippen LogP contribution in [0.1, 0.15) is 36.3 Å². The van der Waals surface area contributed by atoms with Crippen molar-refractivity contribution in [1.82, 2.24) is 0 Å². The van der Waals surface area contributed by atoms with Gasteiger partial charge >= 0.3 is 5.97 Å². The van der Waals surface area contributed by atoms with Crippen molar-refractivity contribution >= 4 is 5.97 Å². The first-order valence-corrected chi connectivity index (χ1v) is 5.20. The summed E-state index contributed by atoms with van der Waals surface area (Å²) in [5.41, 5.74) is 0.480. The highest BCUT2D eigenvalue weighted by atomic mass is 19.3. The number of carboxylic acids is 1. The van der Waals surface area contributed by atoms with Gasteiger partial charge in [0.15, 0.2) is 0 Å². The molecular weight excluding hydrogens is 214 g/mol. The minimum absolute atomic E-state index is 0.125. The van der Waals surface area contributed by atoms with Crippen molar-refractivity contribution in [1.29, 1.82) is 0 Å². The third-order valence-corrected chi connectivity index (χ3v) is 2.75. The number of hydrogen-bond donors (Lipinski definition) is 1. The van der Waals surface area contributed by atoms with E-state index in [4.69, 9.17) is 5.11 Å². The fraction of sp³-hybridized carbons (Fsp3) is 0.417. The molecule has 0 amide bonds. The van der Waals surface area contributed by atoms with Crippen LogP contribution in [0.2, 0.25) is 0 Å². The predicted octanol–water partition coefficient (Wildman–Crippen LogP) is 3.13. The summed E-state index contributed by atoms with van der Waals surface area (Å²) in [5, 5.41) is 8.48. The molecule has 1 aliphatic carbocycles. The van der Waals surface area contributed by atoms with Gasteiger partial charge in [0.1, 0.15) is 6.42 Å². The molecule has 1 aliphatic rings. The zero-order valence-electron chi connectivity index (χ0n) is 8.62. The number of halogens is 2. The van der Waals surface area contributed by atoms with Gasteiger partial charge in [-0.1, -0.05) is 24.3 Å². The molecule has 0 aromatic heterocycles. The van der Waals surface area contributed by atoms with Crippen LogP contribution in [0.15, 0.2) is 24.3 Å². The summed E-state index contributed by atoms with van der Waals surface area (Å²) in [7, 11) is 0. The van der Waals surface area contributed by atoms with Crippen LogP contribution < -0.4 is 0 Å². The predicted molar refractivity (Wildman–Crippen MR) is 54.6 cm³/mol.